The van der Waals surface area contributed by atoms with Crippen LogP contribution in [0, 0.1) is 0 Å². The van der Waals surface area contributed by atoms with E-state index in [4.69, 9.17) is 5.11 Å². The molecular weight excluding hydrogens is 228 g/mol. The molecule has 0 aliphatic heterocycles. The van der Waals surface area contributed by atoms with Gasteiger partial charge in [-0.3, -0.25) is 0 Å². The molecule has 0 saturated heterocycles. The number of aldehydes is 1. The van der Waals surface area contributed by atoms with E-state index < -0.39 is 5.97 Å². The summed E-state index contributed by atoms with van der Waals surface area (Å²) < 4.78 is 0. The Morgan fingerprint density at radius 3 is 2.89 bits per heavy atom. The molecule has 0 saturated carbocycles. The van der Waals surface area contributed by atoms with Crippen molar-refractivity contribution < 1.29 is 14.7 Å². The van der Waals surface area contributed by atoms with E-state index in [1.165, 1.54) is 0 Å². The third kappa shape index (κ3) is 1.44. The summed E-state index contributed by atoms with van der Waals surface area (Å²) in [5.74, 6) is -0.998. The van der Waals surface area contributed by atoms with Gasteiger partial charge in [0.2, 0.25) is 0 Å². The molecule has 0 bridgehead atoms. The van der Waals surface area contributed by atoms with Crippen LogP contribution in [0.2, 0.25) is 0 Å². The second-order valence-corrected chi connectivity index (χ2v) is 4.65. The SMILES string of the molecule is O=CC1C2=CC=CCC2c2ccc(C(=O)O)cc21. The highest BCUT2D eigenvalue weighted by atomic mass is 16.4. The number of benzene rings is 1. The predicted octanol–water partition coefficient (Wildman–Crippen LogP) is 2.65. The summed E-state index contributed by atoms with van der Waals surface area (Å²) in [6, 6.07) is 5.10. The van der Waals surface area contributed by atoms with E-state index in [0.29, 0.717) is 0 Å². The number of allylic oxidation sites excluding steroid dienone is 4. The van der Waals surface area contributed by atoms with Crippen molar-refractivity contribution in [2.45, 2.75) is 18.3 Å². The quantitative estimate of drug-likeness (QED) is 0.808. The number of aromatic carboxylic acids is 1. The van der Waals surface area contributed by atoms with Gasteiger partial charge in [0.25, 0.3) is 0 Å². The molecule has 3 heteroatoms. The van der Waals surface area contributed by atoms with E-state index >= 15 is 0 Å². The molecule has 0 amide bonds. The van der Waals surface area contributed by atoms with Crippen LogP contribution in [-0.4, -0.2) is 17.4 Å². The molecule has 0 aromatic heterocycles. The number of carbonyl (C=O) groups is 2. The second-order valence-electron chi connectivity index (χ2n) is 4.65. The molecule has 1 aromatic carbocycles. The van der Waals surface area contributed by atoms with E-state index in [1.54, 1.807) is 12.1 Å². The van der Waals surface area contributed by atoms with Gasteiger partial charge in [0.1, 0.15) is 6.29 Å². The first-order valence-electron chi connectivity index (χ1n) is 5.91. The Morgan fingerprint density at radius 1 is 1.33 bits per heavy atom. The molecule has 0 fully saturated rings. The smallest absolute Gasteiger partial charge is 0.335 e. The molecule has 0 spiro atoms. The van der Waals surface area contributed by atoms with Gasteiger partial charge in [0.05, 0.1) is 11.5 Å². The molecular formula is C15H12O3. The maximum absolute atomic E-state index is 11.3. The molecule has 0 heterocycles. The first kappa shape index (κ1) is 11.0. The van der Waals surface area contributed by atoms with E-state index in [2.05, 4.69) is 6.08 Å². The van der Waals surface area contributed by atoms with Crippen LogP contribution in [-0.2, 0) is 4.79 Å². The third-order valence-electron chi connectivity index (χ3n) is 3.74. The van der Waals surface area contributed by atoms with Gasteiger partial charge in [-0.05, 0) is 35.3 Å². The highest BCUT2D eigenvalue weighted by Gasteiger charge is 2.35. The number of carbonyl (C=O) groups excluding carboxylic acids is 1. The van der Waals surface area contributed by atoms with E-state index in [0.717, 1.165) is 29.4 Å². The monoisotopic (exact) mass is 240 g/mol. The summed E-state index contributed by atoms with van der Waals surface area (Å²) in [7, 11) is 0. The van der Waals surface area contributed by atoms with Crippen molar-refractivity contribution in [3.8, 4) is 0 Å². The standard InChI is InChI=1S/C15H12O3/c16-8-14-11-4-2-1-3-10(11)12-6-5-9(15(17)18)7-13(12)14/h1-2,4-8,10,14H,3H2,(H,17,18). The zero-order chi connectivity index (χ0) is 12.7. The lowest BCUT2D eigenvalue weighted by atomic mass is 9.88. The van der Waals surface area contributed by atoms with Gasteiger partial charge in [-0.15, -0.1) is 0 Å². The Balaban J connectivity index is 2.17. The fraction of sp³-hybridized carbons (Fsp3) is 0.200. The number of carboxylic acid groups (broad SMARTS) is 1. The molecule has 3 rings (SSSR count). The average Bonchev–Trinajstić information content (AvgIpc) is 2.71. The Hall–Kier alpha value is -2.16. The summed E-state index contributed by atoms with van der Waals surface area (Å²) in [5, 5.41) is 9.02. The summed E-state index contributed by atoms with van der Waals surface area (Å²) in [4.78, 5) is 22.3. The lowest BCUT2D eigenvalue weighted by Gasteiger charge is -2.15. The highest BCUT2D eigenvalue weighted by Crippen LogP contribution is 2.48. The van der Waals surface area contributed by atoms with E-state index in [-0.39, 0.29) is 17.4 Å². The largest absolute Gasteiger partial charge is 0.478 e. The highest BCUT2D eigenvalue weighted by molar-refractivity contribution is 5.89. The second kappa shape index (κ2) is 3.95. The number of hydrogen-bond donors (Lipinski definition) is 1. The minimum Gasteiger partial charge on any atom is -0.478 e. The summed E-state index contributed by atoms with van der Waals surface area (Å²) in [6.07, 6.45) is 7.82. The van der Waals surface area contributed by atoms with Gasteiger partial charge in [0, 0.05) is 5.92 Å². The fourth-order valence-electron chi connectivity index (χ4n) is 2.90. The van der Waals surface area contributed by atoms with E-state index in [1.807, 2.05) is 18.2 Å². The van der Waals surface area contributed by atoms with Crippen LogP contribution in [0.15, 0.2) is 42.0 Å². The fourth-order valence-corrected chi connectivity index (χ4v) is 2.90. The lowest BCUT2D eigenvalue weighted by molar-refractivity contribution is -0.108. The minimum absolute atomic E-state index is 0.239. The van der Waals surface area contributed by atoms with Crippen molar-refractivity contribution in [1.29, 1.82) is 0 Å². The van der Waals surface area contributed by atoms with Crippen LogP contribution in [0.3, 0.4) is 0 Å². The summed E-state index contributed by atoms with van der Waals surface area (Å²) in [5.41, 5.74) is 3.27. The van der Waals surface area contributed by atoms with Crippen LogP contribution in [0.1, 0.15) is 39.7 Å². The zero-order valence-electron chi connectivity index (χ0n) is 9.67. The minimum atomic E-state index is -0.954. The van der Waals surface area contributed by atoms with Crippen LogP contribution in [0.4, 0.5) is 0 Å². The van der Waals surface area contributed by atoms with E-state index in [9.17, 15) is 9.59 Å². The Morgan fingerprint density at radius 2 is 2.17 bits per heavy atom. The number of hydrogen-bond acceptors (Lipinski definition) is 2. The molecule has 18 heavy (non-hydrogen) atoms. The van der Waals surface area contributed by atoms with Gasteiger partial charge in [-0.1, -0.05) is 24.3 Å². The van der Waals surface area contributed by atoms with Crippen molar-refractivity contribution in [3.05, 3.63) is 58.7 Å². The molecule has 2 unspecified atom stereocenters. The van der Waals surface area contributed by atoms with Crippen molar-refractivity contribution >= 4 is 12.3 Å². The van der Waals surface area contributed by atoms with Crippen molar-refractivity contribution in [2.75, 3.05) is 0 Å². The van der Waals surface area contributed by atoms with Crippen LogP contribution >= 0.6 is 0 Å². The topological polar surface area (TPSA) is 54.4 Å². The molecule has 3 nitrogen and oxygen atoms in total. The van der Waals surface area contributed by atoms with Crippen LogP contribution in [0.5, 0.6) is 0 Å². The first-order valence-corrected chi connectivity index (χ1v) is 5.91. The number of carboxylic acids is 1. The molecule has 1 N–H and O–H groups in total. The van der Waals surface area contributed by atoms with Crippen LogP contribution in [0.25, 0.3) is 0 Å². The molecule has 2 aliphatic rings. The maximum Gasteiger partial charge on any atom is 0.335 e. The van der Waals surface area contributed by atoms with Gasteiger partial charge in [0.15, 0.2) is 0 Å². The van der Waals surface area contributed by atoms with Gasteiger partial charge < -0.3 is 9.90 Å². The molecule has 1 aromatic rings. The molecule has 90 valence electrons. The maximum atomic E-state index is 11.3. The zero-order valence-corrected chi connectivity index (χ0v) is 9.67. The average molecular weight is 240 g/mol. The molecule has 0 radical (unpaired) electrons. The summed E-state index contributed by atoms with van der Waals surface area (Å²) in [6.45, 7) is 0. The Labute approximate surface area is 104 Å². The number of rotatable bonds is 2. The van der Waals surface area contributed by atoms with Crippen LogP contribution < -0.4 is 0 Å². The Kier molecular flexibility index (Phi) is 2.40. The molecule has 2 aliphatic carbocycles. The number of fused-ring (bicyclic) bond motifs is 3. The lowest BCUT2D eigenvalue weighted by Crippen LogP contribution is -2.02. The van der Waals surface area contributed by atoms with Gasteiger partial charge in [-0.25, -0.2) is 4.79 Å². The summed E-state index contributed by atoms with van der Waals surface area (Å²) >= 11 is 0. The third-order valence-corrected chi connectivity index (χ3v) is 3.74. The first-order chi connectivity index (χ1) is 8.72. The van der Waals surface area contributed by atoms with Crippen molar-refractivity contribution in [3.63, 3.8) is 0 Å². The normalized spacial score (nSPS) is 24.1. The van der Waals surface area contributed by atoms with Gasteiger partial charge >= 0.3 is 5.97 Å². The predicted molar refractivity (Wildman–Crippen MR) is 66.8 cm³/mol. The molecule has 2 atom stereocenters. The van der Waals surface area contributed by atoms with Crippen molar-refractivity contribution in [2.24, 2.45) is 0 Å². The van der Waals surface area contributed by atoms with Crippen molar-refractivity contribution in [1.82, 2.24) is 0 Å². The Bertz CT molecular complexity index is 596. The van der Waals surface area contributed by atoms with Gasteiger partial charge in [-0.2, -0.15) is 0 Å².